The summed E-state index contributed by atoms with van der Waals surface area (Å²) < 4.78 is 0. The Bertz CT molecular complexity index is 406. The van der Waals surface area contributed by atoms with Crippen molar-refractivity contribution < 1.29 is 14.7 Å². The number of hydrogen-bond donors (Lipinski definition) is 2. The molecule has 0 unspecified atom stereocenters. The van der Waals surface area contributed by atoms with Crippen LogP contribution in [0, 0.1) is 17.8 Å². The molecule has 0 atom stereocenters. The molecule has 0 saturated heterocycles. The van der Waals surface area contributed by atoms with Crippen molar-refractivity contribution in [3.05, 3.63) is 0 Å². The van der Waals surface area contributed by atoms with Crippen LogP contribution in [0.4, 0.5) is 0 Å². The molecule has 0 spiro atoms. The van der Waals surface area contributed by atoms with E-state index in [-0.39, 0.29) is 17.7 Å². The Morgan fingerprint density at radius 1 is 1.40 bits per heavy atom. The van der Waals surface area contributed by atoms with Crippen molar-refractivity contribution in [1.29, 1.82) is 0 Å². The highest BCUT2D eigenvalue weighted by atomic mass is 32.2. The van der Waals surface area contributed by atoms with E-state index in [9.17, 15) is 9.59 Å². The van der Waals surface area contributed by atoms with Gasteiger partial charge >= 0.3 is 5.97 Å². The molecule has 0 aromatic heterocycles. The smallest absolute Gasteiger partial charge is 0.303 e. The molecule has 4 nitrogen and oxygen atoms in total. The molecule has 1 fully saturated rings. The molecular formula is C15H23NO3S. The Kier molecular flexibility index (Phi) is 5.94. The van der Waals surface area contributed by atoms with E-state index in [1.165, 1.54) is 11.8 Å². The number of carboxylic acids is 1. The van der Waals surface area contributed by atoms with E-state index in [1.54, 1.807) is 0 Å². The maximum Gasteiger partial charge on any atom is 0.303 e. The second-order valence-electron chi connectivity index (χ2n) is 5.55. The summed E-state index contributed by atoms with van der Waals surface area (Å²) >= 11 is 1.50. The second kappa shape index (κ2) is 7.03. The van der Waals surface area contributed by atoms with Crippen LogP contribution in [0.1, 0.15) is 46.0 Å². The van der Waals surface area contributed by atoms with Gasteiger partial charge in [-0.1, -0.05) is 19.8 Å². The number of aliphatic carboxylic acids is 1. The average Bonchev–Trinajstić information content (AvgIpc) is 3.15. The van der Waals surface area contributed by atoms with Crippen LogP contribution >= 0.6 is 11.8 Å². The van der Waals surface area contributed by atoms with E-state index in [4.69, 9.17) is 11.5 Å². The first-order chi connectivity index (χ1) is 9.41. The van der Waals surface area contributed by atoms with Crippen molar-refractivity contribution >= 4 is 23.6 Å². The van der Waals surface area contributed by atoms with Gasteiger partial charge in [0.1, 0.15) is 5.54 Å². The number of carbonyl (C=O) groups is 2. The maximum absolute atomic E-state index is 11.9. The second-order valence-corrected chi connectivity index (χ2v) is 6.53. The summed E-state index contributed by atoms with van der Waals surface area (Å²) in [6.45, 7) is 3.92. The average molecular weight is 297 g/mol. The molecular weight excluding hydrogens is 274 g/mol. The number of thioether (sulfide) groups is 1. The van der Waals surface area contributed by atoms with Crippen LogP contribution in [-0.2, 0) is 9.59 Å². The van der Waals surface area contributed by atoms with Crippen molar-refractivity contribution in [2.75, 3.05) is 11.5 Å². The molecule has 0 aromatic rings. The number of amides is 1. The molecule has 1 rings (SSSR count). The van der Waals surface area contributed by atoms with Crippen LogP contribution < -0.4 is 5.32 Å². The van der Waals surface area contributed by atoms with Gasteiger partial charge < -0.3 is 10.4 Å². The molecule has 1 aliphatic carbocycles. The van der Waals surface area contributed by atoms with E-state index in [2.05, 4.69) is 11.2 Å². The van der Waals surface area contributed by atoms with Crippen molar-refractivity contribution in [3.63, 3.8) is 0 Å². The van der Waals surface area contributed by atoms with Gasteiger partial charge in [-0.25, -0.2) is 0 Å². The number of rotatable bonds is 9. The fourth-order valence-corrected chi connectivity index (χ4v) is 3.38. The van der Waals surface area contributed by atoms with Crippen LogP contribution in [0.2, 0.25) is 0 Å². The SMILES string of the molecule is C#CC(CC)(CC)NC(=O)CSCC1(CC(=O)O)CC1. The molecule has 0 bridgehead atoms. The lowest BCUT2D eigenvalue weighted by Gasteiger charge is -2.27. The first kappa shape index (κ1) is 16.9. The predicted molar refractivity (Wildman–Crippen MR) is 81.5 cm³/mol. The lowest BCUT2D eigenvalue weighted by Crippen LogP contribution is -2.47. The van der Waals surface area contributed by atoms with Crippen molar-refractivity contribution in [1.82, 2.24) is 5.32 Å². The van der Waals surface area contributed by atoms with E-state index in [0.717, 1.165) is 18.6 Å². The lowest BCUT2D eigenvalue weighted by atomic mass is 9.94. The van der Waals surface area contributed by atoms with Crippen molar-refractivity contribution in [3.8, 4) is 12.3 Å². The van der Waals surface area contributed by atoms with Gasteiger partial charge in [0.05, 0.1) is 12.2 Å². The highest BCUT2D eigenvalue weighted by Crippen LogP contribution is 2.50. The molecule has 0 heterocycles. The fraction of sp³-hybridized carbons (Fsp3) is 0.733. The molecule has 20 heavy (non-hydrogen) atoms. The van der Waals surface area contributed by atoms with Gasteiger partial charge in [0.15, 0.2) is 0 Å². The molecule has 0 radical (unpaired) electrons. The van der Waals surface area contributed by atoms with Gasteiger partial charge in [-0.05, 0) is 36.9 Å². The molecule has 1 saturated carbocycles. The monoisotopic (exact) mass is 297 g/mol. The Balaban J connectivity index is 2.34. The lowest BCUT2D eigenvalue weighted by molar-refractivity contribution is -0.138. The highest BCUT2D eigenvalue weighted by Gasteiger charge is 2.44. The fourth-order valence-electron chi connectivity index (χ4n) is 2.20. The van der Waals surface area contributed by atoms with Crippen molar-refractivity contribution in [2.24, 2.45) is 5.41 Å². The van der Waals surface area contributed by atoms with Crippen LogP contribution in [0.25, 0.3) is 0 Å². The quantitative estimate of drug-likeness (QED) is 0.641. The van der Waals surface area contributed by atoms with E-state index >= 15 is 0 Å². The zero-order valence-electron chi connectivity index (χ0n) is 12.2. The van der Waals surface area contributed by atoms with Gasteiger partial charge in [0, 0.05) is 0 Å². The van der Waals surface area contributed by atoms with Gasteiger partial charge in [-0.15, -0.1) is 6.42 Å². The Labute approximate surface area is 125 Å². The Hall–Kier alpha value is -1.15. The predicted octanol–water partition coefficient (Wildman–Crippen LogP) is 2.28. The third-order valence-corrected chi connectivity index (χ3v) is 5.27. The normalized spacial score (nSPS) is 16.2. The van der Waals surface area contributed by atoms with E-state index in [0.29, 0.717) is 18.6 Å². The Morgan fingerprint density at radius 2 is 2.00 bits per heavy atom. The molecule has 0 aliphatic heterocycles. The summed E-state index contributed by atoms with van der Waals surface area (Å²) in [6, 6.07) is 0. The Morgan fingerprint density at radius 3 is 2.40 bits per heavy atom. The maximum atomic E-state index is 11.9. The first-order valence-electron chi connectivity index (χ1n) is 6.99. The largest absolute Gasteiger partial charge is 0.481 e. The molecule has 1 amide bonds. The summed E-state index contributed by atoms with van der Waals surface area (Å²) in [5.74, 6) is 2.92. The molecule has 2 N–H and O–H groups in total. The topological polar surface area (TPSA) is 66.4 Å². The number of terminal acetylenes is 1. The number of hydrogen-bond acceptors (Lipinski definition) is 3. The van der Waals surface area contributed by atoms with E-state index in [1.807, 2.05) is 13.8 Å². The molecule has 0 aromatic carbocycles. The standard InChI is InChI=1S/C15H23NO3S/c1-4-15(5-2,6-3)16-12(17)10-20-11-14(7-8-14)9-13(18)19/h1H,5-11H2,2-3H3,(H,16,17)(H,18,19). The minimum Gasteiger partial charge on any atom is -0.481 e. The molecule has 112 valence electrons. The molecule has 5 heteroatoms. The summed E-state index contributed by atoms with van der Waals surface area (Å²) in [5, 5.41) is 11.8. The van der Waals surface area contributed by atoms with Crippen molar-refractivity contribution in [2.45, 2.75) is 51.5 Å². The number of carbonyl (C=O) groups excluding carboxylic acids is 1. The zero-order chi connectivity index (χ0) is 15.2. The van der Waals surface area contributed by atoms with Crippen LogP contribution in [-0.4, -0.2) is 34.0 Å². The summed E-state index contributed by atoms with van der Waals surface area (Å²) in [6.07, 6.45) is 9.03. The van der Waals surface area contributed by atoms with Crippen LogP contribution in [0.3, 0.4) is 0 Å². The number of nitrogens with one attached hydrogen (secondary N) is 1. The minimum absolute atomic E-state index is 0.0669. The first-order valence-corrected chi connectivity index (χ1v) is 8.15. The molecule has 1 aliphatic rings. The van der Waals surface area contributed by atoms with E-state index < -0.39 is 11.5 Å². The van der Waals surface area contributed by atoms with Crippen LogP contribution in [0.5, 0.6) is 0 Å². The minimum atomic E-state index is -0.754. The number of carboxylic acid groups (broad SMARTS) is 1. The van der Waals surface area contributed by atoms with Gasteiger partial charge in [-0.2, -0.15) is 11.8 Å². The summed E-state index contributed by atoms with van der Waals surface area (Å²) in [7, 11) is 0. The third-order valence-electron chi connectivity index (χ3n) is 3.99. The van der Waals surface area contributed by atoms with Gasteiger partial charge in [0.25, 0.3) is 0 Å². The van der Waals surface area contributed by atoms with Gasteiger partial charge in [0.2, 0.25) is 5.91 Å². The summed E-state index contributed by atoms with van der Waals surface area (Å²) in [4.78, 5) is 22.7. The van der Waals surface area contributed by atoms with Crippen LogP contribution in [0.15, 0.2) is 0 Å². The third kappa shape index (κ3) is 4.75. The zero-order valence-corrected chi connectivity index (χ0v) is 13.0. The summed E-state index contributed by atoms with van der Waals surface area (Å²) in [5.41, 5.74) is -0.620. The highest BCUT2D eigenvalue weighted by molar-refractivity contribution is 7.99. The van der Waals surface area contributed by atoms with Gasteiger partial charge in [-0.3, -0.25) is 9.59 Å².